The number of aromatic amines is 1. The second-order valence-electron chi connectivity index (χ2n) is 17.3. The number of para-hydroxylation sites is 1. The van der Waals surface area contributed by atoms with E-state index in [0.29, 0.717) is 24.0 Å². The van der Waals surface area contributed by atoms with Crippen molar-refractivity contribution in [3.8, 4) is 0 Å². The van der Waals surface area contributed by atoms with Crippen molar-refractivity contribution >= 4 is 83.5 Å². The summed E-state index contributed by atoms with van der Waals surface area (Å²) >= 11 is 8.40. The van der Waals surface area contributed by atoms with Crippen LogP contribution in [0.2, 0.25) is 0 Å². The Bertz CT molecular complexity index is 2450. The number of carboxylic acid groups (broad SMARTS) is 1. The minimum absolute atomic E-state index is 0.0210. The fourth-order valence-electron chi connectivity index (χ4n) is 7.56. The predicted octanol–water partition coefficient (Wildman–Crippen LogP) is -1.25. The number of unbranched alkanes of at least 4 members (excludes halogenated alkanes) is 1. The maximum absolute atomic E-state index is 14.6. The molecule has 0 saturated heterocycles. The average Bonchev–Trinajstić information content (AvgIpc) is 3.77. The van der Waals surface area contributed by atoms with Gasteiger partial charge in [-0.3, -0.25) is 33.6 Å². The molecule has 72 heavy (non-hydrogen) atoms. The number of aliphatic carboxylic acids is 1. The van der Waals surface area contributed by atoms with Crippen molar-refractivity contribution in [2.24, 2.45) is 11.5 Å². The van der Waals surface area contributed by atoms with E-state index in [1.807, 2.05) is 48.5 Å². The SMILES string of the molecule is C[C@@H](O)[C@H](NC(=O)[C@H](CS)NC(=O)[C@@H](NC(=O)[C@H](CCCCN)NC(=O)[C@H](Cc1c[nH]c2ccccc12)NC(=O)[C@H](Cc1ccccc1)NC(=O)[C@H](CS)NC(=O)[C@H](N)Cc1ccccc1)[C@@H](C)O)C(=O)O. The number of nitrogens with two attached hydrogens (primary N) is 2. The molecule has 10 atom stereocenters. The largest absolute Gasteiger partial charge is 0.480 e. The molecule has 15 N–H and O–H groups in total. The Morgan fingerprint density at radius 1 is 0.542 bits per heavy atom. The van der Waals surface area contributed by atoms with Gasteiger partial charge in [0.15, 0.2) is 6.04 Å². The molecule has 7 amide bonds. The molecule has 0 saturated carbocycles. The van der Waals surface area contributed by atoms with Crippen molar-refractivity contribution in [2.75, 3.05) is 18.1 Å². The number of carbonyl (C=O) groups excluding carboxylic acids is 7. The number of aliphatic hydroxyl groups is 2. The summed E-state index contributed by atoms with van der Waals surface area (Å²) in [5.74, 6) is -8.06. The van der Waals surface area contributed by atoms with Crippen LogP contribution in [0.25, 0.3) is 10.9 Å². The first-order valence-corrected chi connectivity index (χ1v) is 24.6. The maximum Gasteiger partial charge on any atom is 0.328 e. The third-order valence-corrected chi connectivity index (χ3v) is 12.3. The quantitative estimate of drug-likeness (QED) is 0.0224. The van der Waals surface area contributed by atoms with Gasteiger partial charge in [-0.2, -0.15) is 25.3 Å². The van der Waals surface area contributed by atoms with E-state index < -0.39 is 108 Å². The number of hydrogen-bond donors (Lipinski definition) is 15. The highest BCUT2D eigenvalue weighted by molar-refractivity contribution is 7.80. The van der Waals surface area contributed by atoms with Crippen LogP contribution in [0.3, 0.4) is 0 Å². The Morgan fingerprint density at radius 3 is 1.53 bits per heavy atom. The van der Waals surface area contributed by atoms with Gasteiger partial charge in [-0.25, -0.2) is 4.79 Å². The van der Waals surface area contributed by atoms with Gasteiger partial charge >= 0.3 is 5.97 Å². The number of amides is 7. The number of nitrogens with one attached hydrogen (secondary N) is 8. The third kappa shape index (κ3) is 17.7. The molecular formula is C49H66N10O11S2. The van der Waals surface area contributed by atoms with Crippen LogP contribution < -0.4 is 48.7 Å². The number of carboxylic acids is 1. The normalized spacial score (nSPS) is 15.4. The molecular weight excluding hydrogens is 969 g/mol. The van der Waals surface area contributed by atoms with E-state index in [-0.39, 0.29) is 43.7 Å². The second-order valence-corrected chi connectivity index (χ2v) is 18.0. The van der Waals surface area contributed by atoms with Crippen LogP contribution in [0.15, 0.2) is 91.1 Å². The van der Waals surface area contributed by atoms with Crippen molar-refractivity contribution in [2.45, 2.75) is 113 Å². The summed E-state index contributed by atoms with van der Waals surface area (Å²) in [5, 5.41) is 48.4. The van der Waals surface area contributed by atoms with Gasteiger partial charge in [0, 0.05) is 41.4 Å². The first-order chi connectivity index (χ1) is 34.4. The molecule has 0 bridgehead atoms. The Kier molecular flexibility index (Phi) is 23.5. The van der Waals surface area contributed by atoms with E-state index >= 15 is 0 Å². The van der Waals surface area contributed by atoms with Crippen LogP contribution in [-0.2, 0) is 57.6 Å². The molecule has 0 fully saturated rings. The zero-order valence-corrected chi connectivity index (χ0v) is 41.7. The Labute approximate surface area is 428 Å². The lowest BCUT2D eigenvalue weighted by molar-refractivity contribution is -0.145. The van der Waals surface area contributed by atoms with E-state index in [4.69, 9.17) is 11.5 Å². The molecule has 21 nitrogen and oxygen atoms in total. The van der Waals surface area contributed by atoms with Gasteiger partial charge in [0.1, 0.15) is 36.3 Å². The number of hydrogen-bond acceptors (Lipinski definition) is 14. The number of aliphatic hydroxyl groups excluding tert-OH is 2. The summed E-state index contributed by atoms with van der Waals surface area (Å²) in [4.78, 5) is 112. The summed E-state index contributed by atoms with van der Waals surface area (Å²) in [6, 6.07) is 13.8. The fourth-order valence-corrected chi connectivity index (χ4v) is 8.07. The van der Waals surface area contributed by atoms with Crippen LogP contribution in [-0.4, -0.2) is 146 Å². The fraction of sp³-hybridized carbons (Fsp3) is 0.429. The second kappa shape index (κ2) is 29.1. The van der Waals surface area contributed by atoms with Crippen LogP contribution in [0.1, 0.15) is 49.8 Å². The molecule has 23 heteroatoms. The smallest absolute Gasteiger partial charge is 0.328 e. The zero-order chi connectivity index (χ0) is 52.9. The maximum atomic E-state index is 14.6. The summed E-state index contributed by atoms with van der Waals surface area (Å²) in [6.07, 6.45) is -0.677. The molecule has 1 heterocycles. The van der Waals surface area contributed by atoms with E-state index in [1.54, 1.807) is 42.6 Å². The topological polar surface area (TPSA) is 349 Å². The molecule has 0 aliphatic carbocycles. The number of benzene rings is 3. The summed E-state index contributed by atoms with van der Waals surface area (Å²) in [5.41, 5.74) is 14.8. The van der Waals surface area contributed by atoms with Crippen molar-refractivity contribution < 1.29 is 53.7 Å². The van der Waals surface area contributed by atoms with Crippen LogP contribution in [0.4, 0.5) is 0 Å². The van der Waals surface area contributed by atoms with E-state index in [9.17, 15) is 53.7 Å². The Balaban J connectivity index is 1.61. The van der Waals surface area contributed by atoms with Gasteiger partial charge in [0.25, 0.3) is 0 Å². The monoisotopic (exact) mass is 1030 g/mol. The standard InChI is InChI=1S/C49H66N10O11S2/c1-27(60)40(48(68)57-39(26-72)47(67)59-41(28(2)61)49(69)70)58-43(63)35(19-11-12-20-50)53-45(65)37(23-31-24-52-34-18-10-9-17-32(31)34)55-44(64)36(22-30-15-7-4-8-16-30)54-46(66)38(25-71)56-42(62)33(51)21-29-13-5-3-6-14-29/h3-10,13-18,24,27-28,33,35-41,52,60-61,71-72H,11-12,19-23,25-26,50-51H2,1-2H3,(H,53,65)(H,54,66)(H,55,64)(H,56,62)(H,57,68)(H,58,63)(H,59,67)(H,69,70)/t27-,28-,33-,35+,36+,37+,38+,39+,40+,41+/m1/s1. The van der Waals surface area contributed by atoms with Crippen molar-refractivity contribution in [1.82, 2.24) is 42.2 Å². The number of fused-ring (bicyclic) bond motifs is 1. The van der Waals surface area contributed by atoms with Gasteiger partial charge in [-0.15, -0.1) is 0 Å². The number of aromatic nitrogens is 1. The van der Waals surface area contributed by atoms with Gasteiger partial charge in [-0.05, 0) is 68.8 Å². The summed E-state index contributed by atoms with van der Waals surface area (Å²) in [6.45, 7) is 2.57. The lowest BCUT2D eigenvalue weighted by Gasteiger charge is -2.28. The van der Waals surface area contributed by atoms with Crippen LogP contribution in [0.5, 0.6) is 0 Å². The summed E-state index contributed by atoms with van der Waals surface area (Å²) in [7, 11) is 0. The highest BCUT2D eigenvalue weighted by Gasteiger charge is 2.36. The molecule has 0 radical (unpaired) electrons. The molecule has 3 aromatic carbocycles. The first kappa shape index (κ1) is 58.1. The average molecular weight is 1040 g/mol. The van der Waals surface area contributed by atoms with E-state index in [0.717, 1.165) is 23.4 Å². The van der Waals surface area contributed by atoms with Crippen LogP contribution >= 0.6 is 25.3 Å². The van der Waals surface area contributed by atoms with E-state index in [2.05, 4.69) is 67.5 Å². The minimum Gasteiger partial charge on any atom is -0.480 e. The van der Waals surface area contributed by atoms with Gasteiger partial charge in [0.05, 0.1) is 18.2 Å². The number of thiol groups is 2. The Hall–Kier alpha value is -6.50. The Morgan fingerprint density at radius 2 is 0.986 bits per heavy atom. The highest BCUT2D eigenvalue weighted by Crippen LogP contribution is 2.20. The molecule has 0 aliphatic heterocycles. The molecule has 4 rings (SSSR count). The molecule has 390 valence electrons. The van der Waals surface area contributed by atoms with Crippen molar-refractivity contribution in [3.05, 3.63) is 108 Å². The van der Waals surface area contributed by atoms with Crippen molar-refractivity contribution in [3.63, 3.8) is 0 Å². The van der Waals surface area contributed by atoms with Gasteiger partial charge in [0.2, 0.25) is 41.4 Å². The summed E-state index contributed by atoms with van der Waals surface area (Å²) < 4.78 is 0. The third-order valence-electron chi connectivity index (χ3n) is 11.6. The first-order valence-electron chi connectivity index (χ1n) is 23.4. The van der Waals surface area contributed by atoms with Crippen molar-refractivity contribution in [1.29, 1.82) is 0 Å². The molecule has 0 aliphatic rings. The predicted molar refractivity (Wildman–Crippen MR) is 275 cm³/mol. The highest BCUT2D eigenvalue weighted by atomic mass is 32.1. The van der Waals surface area contributed by atoms with Crippen LogP contribution in [0, 0.1) is 0 Å². The van der Waals surface area contributed by atoms with E-state index in [1.165, 1.54) is 6.92 Å². The molecule has 4 aromatic rings. The number of H-pyrrole nitrogens is 1. The lowest BCUT2D eigenvalue weighted by Crippen LogP contribution is -2.62. The molecule has 0 unspecified atom stereocenters. The number of carbonyl (C=O) groups is 8. The number of rotatable bonds is 29. The molecule has 1 aromatic heterocycles. The van der Waals surface area contributed by atoms with Gasteiger partial charge < -0.3 is 69.0 Å². The zero-order valence-electron chi connectivity index (χ0n) is 40.0. The molecule has 0 spiro atoms. The minimum atomic E-state index is -1.72. The lowest BCUT2D eigenvalue weighted by atomic mass is 10.0. The van der Waals surface area contributed by atoms with Gasteiger partial charge in [-0.1, -0.05) is 78.9 Å².